The number of carboxylic acid groups (broad SMARTS) is 1. The van der Waals surface area contributed by atoms with Crippen molar-refractivity contribution < 1.29 is 18.3 Å². The smallest absolute Gasteiger partial charge is 0.304 e. The quantitative estimate of drug-likeness (QED) is 0.726. The zero-order chi connectivity index (χ0) is 14.6. The summed E-state index contributed by atoms with van der Waals surface area (Å²) in [5.41, 5.74) is 1.16. The van der Waals surface area contributed by atoms with Crippen molar-refractivity contribution >= 4 is 22.1 Å². The SMILES string of the molecule is Cc1nnc(NS(=O)(=O)N(C)CCC(=O)O)nc1C. The van der Waals surface area contributed by atoms with E-state index in [-0.39, 0.29) is 18.9 Å². The van der Waals surface area contributed by atoms with E-state index in [9.17, 15) is 13.2 Å². The van der Waals surface area contributed by atoms with Gasteiger partial charge in [-0.25, -0.2) is 9.71 Å². The molecule has 0 aliphatic carbocycles. The Morgan fingerprint density at radius 1 is 1.32 bits per heavy atom. The van der Waals surface area contributed by atoms with E-state index in [4.69, 9.17) is 5.11 Å². The van der Waals surface area contributed by atoms with Crippen LogP contribution in [0.1, 0.15) is 17.8 Å². The van der Waals surface area contributed by atoms with Gasteiger partial charge in [-0.3, -0.25) is 4.79 Å². The number of nitrogens with one attached hydrogen (secondary N) is 1. The molecule has 0 aliphatic heterocycles. The summed E-state index contributed by atoms with van der Waals surface area (Å²) in [5.74, 6) is -1.23. The highest BCUT2D eigenvalue weighted by Crippen LogP contribution is 2.06. The molecule has 0 aliphatic rings. The molecule has 0 fully saturated rings. The summed E-state index contributed by atoms with van der Waals surface area (Å²) >= 11 is 0. The number of hydrogen-bond acceptors (Lipinski definition) is 6. The van der Waals surface area contributed by atoms with Gasteiger partial charge in [-0.05, 0) is 13.8 Å². The van der Waals surface area contributed by atoms with Crippen LogP contribution in [-0.2, 0) is 15.0 Å². The Kier molecular flexibility index (Phi) is 4.72. The van der Waals surface area contributed by atoms with Gasteiger partial charge in [-0.2, -0.15) is 17.8 Å². The molecular formula is C9H15N5O4S. The number of rotatable bonds is 6. The van der Waals surface area contributed by atoms with Crippen molar-refractivity contribution in [3.05, 3.63) is 11.4 Å². The zero-order valence-corrected chi connectivity index (χ0v) is 11.6. The molecule has 19 heavy (non-hydrogen) atoms. The van der Waals surface area contributed by atoms with Crippen molar-refractivity contribution in [2.24, 2.45) is 0 Å². The molecule has 0 amide bonds. The summed E-state index contributed by atoms with van der Waals surface area (Å²) in [4.78, 5) is 14.3. The van der Waals surface area contributed by atoms with Gasteiger partial charge in [0.2, 0.25) is 0 Å². The van der Waals surface area contributed by atoms with E-state index in [2.05, 4.69) is 19.9 Å². The number of anilines is 1. The maximum Gasteiger partial charge on any atom is 0.304 e. The molecule has 10 heteroatoms. The van der Waals surface area contributed by atoms with Crippen LogP contribution in [0.2, 0.25) is 0 Å². The van der Waals surface area contributed by atoms with E-state index in [1.165, 1.54) is 7.05 Å². The Labute approximate surface area is 110 Å². The fourth-order valence-electron chi connectivity index (χ4n) is 1.07. The molecule has 0 radical (unpaired) electrons. The number of aromatic nitrogens is 3. The van der Waals surface area contributed by atoms with Crippen molar-refractivity contribution in [1.82, 2.24) is 19.5 Å². The largest absolute Gasteiger partial charge is 0.481 e. The second-order valence-electron chi connectivity index (χ2n) is 3.88. The minimum atomic E-state index is -3.88. The maximum atomic E-state index is 11.8. The summed E-state index contributed by atoms with van der Waals surface area (Å²) < 4.78 is 26.7. The number of hydrogen-bond donors (Lipinski definition) is 2. The van der Waals surface area contributed by atoms with Crippen LogP contribution < -0.4 is 4.72 Å². The first-order valence-corrected chi connectivity index (χ1v) is 6.80. The molecule has 0 aromatic carbocycles. The van der Waals surface area contributed by atoms with Crippen LogP contribution in [0.3, 0.4) is 0 Å². The van der Waals surface area contributed by atoms with Gasteiger partial charge in [-0.15, -0.1) is 5.10 Å². The molecule has 2 N–H and O–H groups in total. The summed E-state index contributed by atoms with van der Waals surface area (Å²) in [6, 6.07) is 0. The zero-order valence-electron chi connectivity index (χ0n) is 10.8. The third kappa shape index (κ3) is 4.41. The Morgan fingerprint density at radius 3 is 2.47 bits per heavy atom. The molecule has 0 spiro atoms. The molecule has 1 rings (SSSR count). The third-order valence-electron chi connectivity index (χ3n) is 2.36. The van der Waals surface area contributed by atoms with Gasteiger partial charge in [0.15, 0.2) is 0 Å². The Hall–Kier alpha value is -1.81. The van der Waals surface area contributed by atoms with Crippen LogP contribution in [0.5, 0.6) is 0 Å². The standard InChI is InChI=1S/C9H15N5O4S/c1-6-7(2)11-12-9(10-6)13-19(17,18)14(3)5-4-8(15)16/h4-5H2,1-3H3,(H,15,16)(H,10,12,13). The predicted octanol–water partition coefficient (Wildman–Crippen LogP) is -0.448. The van der Waals surface area contributed by atoms with E-state index in [0.29, 0.717) is 11.4 Å². The van der Waals surface area contributed by atoms with Gasteiger partial charge >= 0.3 is 16.2 Å². The van der Waals surface area contributed by atoms with E-state index in [1.807, 2.05) is 0 Å². The Balaban J connectivity index is 2.78. The molecule has 9 nitrogen and oxygen atoms in total. The van der Waals surface area contributed by atoms with E-state index in [0.717, 1.165) is 4.31 Å². The highest BCUT2D eigenvalue weighted by molar-refractivity contribution is 7.90. The van der Waals surface area contributed by atoms with Crippen molar-refractivity contribution in [2.45, 2.75) is 20.3 Å². The lowest BCUT2D eigenvalue weighted by Crippen LogP contribution is -2.34. The number of nitrogens with zero attached hydrogens (tertiary/aromatic N) is 4. The number of carboxylic acids is 1. The van der Waals surface area contributed by atoms with Gasteiger partial charge in [0.25, 0.3) is 5.95 Å². The summed E-state index contributed by atoms with van der Waals surface area (Å²) in [7, 11) is -2.62. The van der Waals surface area contributed by atoms with Crippen LogP contribution in [0.15, 0.2) is 0 Å². The summed E-state index contributed by atoms with van der Waals surface area (Å²) in [6.07, 6.45) is -0.288. The van der Waals surface area contributed by atoms with E-state index in [1.54, 1.807) is 13.8 Å². The average molecular weight is 289 g/mol. The lowest BCUT2D eigenvalue weighted by Gasteiger charge is -2.16. The molecule has 0 unspecified atom stereocenters. The highest BCUT2D eigenvalue weighted by Gasteiger charge is 2.20. The van der Waals surface area contributed by atoms with Gasteiger partial charge in [-0.1, -0.05) is 0 Å². The van der Waals surface area contributed by atoms with Crippen molar-refractivity contribution in [3.8, 4) is 0 Å². The van der Waals surface area contributed by atoms with Crippen molar-refractivity contribution in [3.63, 3.8) is 0 Å². The average Bonchev–Trinajstić information content (AvgIpc) is 2.30. The lowest BCUT2D eigenvalue weighted by atomic mass is 10.4. The maximum absolute atomic E-state index is 11.8. The first-order chi connectivity index (χ1) is 8.72. The van der Waals surface area contributed by atoms with E-state index < -0.39 is 16.2 Å². The molecular weight excluding hydrogens is 274 g/mol. The van der Waals surface area contributed by atoms with Crippen LogP contribution in [-0.4, -0.2) is 52.6 Å². The third-order valence-corrected chi connectivity index (χ3v) is 3.81. The fourth-order valence-corrected chi connectivity index (χ4v) is 1.87. The molecule has 0 saturated heterocycles. The minimum absolute atomic E-state index is 0.148. The van der Waals surface area contributed by atoms with Crippen LogP contribution >= 0.6 is 0 Å². The van der Waals surface area contributed by atoms with Crippen molar-refractivity contribution in [2.75, 3.05) is 18.3 Å². The molecule has 0 atom stereocenters. The number of carbonyl (C=O) groups is 1. The Bertz CT molecular complexity index is 574. The van der Waals surface area contributed by atoms with Gasteiger partial charge in [0.1, 0.15) is 0 Å². The second-order valence-corrected chi connectivity index (χ2v) is 5.66. The van der Waals surface area contributed by atoms with Gasteiger partial charge in [0, 0.05) is 13.6 Å². The fraction of sp³-hybridized carbons (Fsp3) is 0.556. The van der Waals surface area contributed by atoms with Gasteiger partial charge < -0.3 is 5.11 Å². The molecule has 0 saturated carbocycles. The molecule has 0 bridgehead atoms. The Morgan fingerprint density at radius 2 is 1.95 bits per heavy atom. The molecule has 1 heterocycles. The first kappa shape index (κ1) is 15.2. The highest BCUT2D eigenvalue weighted by atomic mass is 32.2. The van der Waals surface area contributed by atoms with Gasteiger partial charge in [0.05, 0.1) is 17.8 Å². The van der Waals surface area contributed by atoms with Crippen LogP contribution in [0, 0.1) is 13.8 Å². The minimum Gasteiger partial charge on any atom is -0.481 e. The lowest BCUT2D eigenvalue weighted by molar-refractivity contribution is -0.137. The van der Waals surface area contributed by atoms with Crippen LogP contribution in [0.4, 0.5) is 5.95 Å². The first-order valence-electron chi connectivity index (χ1n) is 5.36. The molecule has 1 aromatic heterocycles. The number of aliphatic carboxylic acids is 1. The second kappa shape index (κ2) is 5.89. The van der Waals surface area contributed by atoms with E-state index >= 15 is 0 Å². The number of aryl methyl sites for hydroxylation is 2. The molecule has 1 aromatic rings. The van der Waals surface area contributed by atoms with Crippen LogP contribution in [0.25, 0.3) is 0 Å². The molecule has 106 valence electrons. The normalized spacial score (nSPS) is 11.6. The topological polar surface area (TPSA) is 125 Å². The summed E-state index contributed by atoms with van der Waals surface area (Å²) in [6.45, 7) is 3.23. The predicted molar refractivity (Wildman–Crippen MR) is 66.7 cm³/mol. The monoisotopic (exact) mass is 289 g/mol. The summed E-state index contributed by atoms with van der Waals surface area (Å²) in [5, 5.41) is 15.9. The van der Waals surface area contributed by atoms with Crippen molar-refractivity contribution in [1.29, 1.82) is 0 Å².